The second-order valence-corrected chi connectivity index (χ2v) is 8.29. The highest BCUT2D eigenvalue weighted by Crippen LogP contribution is 2.40. The highest BCUT2D eigenvalue weighted by Gasteiger charge is 2.24. The molecule has 2 fully saturated rings. The molecule has 0 unspecified atom stereocenters. The summed E-state index contributed by atoms with van der Waals surface area (Å²) in [5.74, 6) is 0. The zero-order chi connectivity index (χ0) is 16.4. The minimum Gasteiger partial charge on any atom is -0.378 e. The van der Waals surface area contributed by atoms with Crippen molar-refractivity contribution in [3.05, 3.63) is 34.1 Å². The Balaban J connectivity index is 1.51. The third-order valence-electron chi connectivity index (χ3n) is 4.26. The molecule has 0 saturated carbocycles. The van der Waals surface area contributed by atoms with Crippen molar-refractivity contribution < 1.29 is 14.0 Å². The number of thiophene rings is 1. The summed E-state index contributed by atoms with van der Waals surface area (Å²) in [5, 5.41) is 3.40. The summed E-state index contributed by atoms with van der Waals surface area (Å²) < 4.78 is 13.2. The SMILES string of the molecule is Cl/C(=C1/C=CC(=[N+]2CCOCC2)S1)c1ccc(N2CCOCC2)s1. The minimum absolute atomic E-state index is 0.804. The molecule has 3 aliphatic rings. The fourth-order valence-corrected chi connectivity index (χ4v) is 5.36. The third kappa shape index (κ3) is 3.58. The molecule has 0 aromatic carbocycles. The van der Waals surface area contributed by atoms with Gasteiger partial charge in [0.1, 0.15) is 13.2 Å². The maximum absolute atomic E-state index is 6.69. The van der Waals surface area contributed by atoms with Gasteiger partial charge in [-0.05, 0) is 30.0 Å². The minimum atomic E-state index is 0.804. The van der Waals surface area contributed by atoms with Crippen LogP contribution in [0, 0.1) is 0 Å². The Morgan fingerprint density at radius 2 is 1.79 bits per heavy atom. The zero-order valence-electron chi connectivity index (χ0n) is 13.4. The highest BCUT2D eigenvalue weighted by molar-refractivity contribution is 8.18. The number of anilines is 1. The van der Waals surface area contributed by atoms with Gasteiger partial charge in [-0.15, -0.1) is 11.3 Å². The number of hydrogen-bond acceptors (Lipinski definition) is 5. The Morgan fingerprint density at radius 1 is 1.04 bits per heavy atom. The summed E-state index contributed by atoms with van der Waals surface area (Å²) in [6.07, 6.45) is 4.30. The molecule has 0 bridgehead atoms. The molecular weight excluding hydrogens is 364 g/mol. The lowest BCUT2D eigenvalue weighted by atomic mass is 10.3. The van der Waals surface area contributed by atoms with Crippen molar-refractivity contribution in [3.8, 4) is 0 Å². The first kappa shape index (κ1) is 16.7. The van der Waals surface area contributed by atoms with Gasteiger partial charge in [0.2, 0.25) is 5.04 Å². The van der Waals surface area contributed by atoms with Crippen molar-refractivity contribution >= 4 is 49.8 Å². The topological polar surface area (TPSA) is 24.7 Å². The van der Waals surface area contributed by atoms with Crippen LogP contribution in [0.4, 0.5) is 5.00 Å². The lowest BCUT2D eigenvalue weighted by Crippen LogP contribution is -2.35. The van der Waals surface area contributed by atoms with Crippen molar-refractivity contribution in [1.82, 2.24) is 0 Å². The van der Waals surface area contributed by atoms with Gasteiger partial charge in [0.15, 0.2) is 13.1 Å². The molecule has 1 aromatic heterocycles. The van der Waals surface area contributed by atoms with E-state index in [1.54, 1.807) is 23.1 Å². The first-order chi connectivity index (χ1) is 11.8. The van der Waals surface area contributed by atoms with E-state index in [2.05, 4.69) is 33.8 Å². The Bertz CT molecular complexity index is 697. The van der Waals surface area contributed by atoms with Crippen LogP contribution in [0.2, 0.25) is 0 Å². The van der Waals surface area contributed by atoms with Crippen molar-refractivity contribution in [2.24, 2.45) is 0 Å². The Hall–Kier alpha value is -0.790. The average molecular weight is 384 g/mol. The lowest BCUT2D eigenvalue weighted by molar-refractivity contribution is -0.546. The third-order valence-corrected chi connectivity index (χ3v) is 7.22. The lowest BCUT2D eigenvalue weighted by Gasteiger charge is -2.27. The predicted molar refractivity (Wildman–Crippen MR) is 103 cm³/mol. The summed E-state index contributed by atoms with van der Waals surface area (Å²) in [6, 6.07) is 4.30. The van der Waals surface area contributed by atoms with Gasteiger partial charge in [0.25, 0.3) is 0 Å². The summed E-state index contributed by atoms with van der Waals surface area (Å²) >= 11 is 10.2. The van der Waals surface area contributed by atoms with Gasteiger partial charge in [-0.3, -0.25) is 0 Å². The molecule has 4 rings (SSSR count). The van der Waals surface area contributed by atoms with Gasteiger partial charge in [0.05, 0.1) is 23.2 Å². The normalized spacial score (nSPS) is 24.0. The molecule has 2 saturated heterocycles. The largest absolute Gasteiger partial charge is 0.378 e. The molecule has 0 radical (unpaired) electrons. The average Bonchev–Trinajstić information content (AvgIpc) is 3.33. The number of thioether (sulfide) groups is 1. The second-order valence-electron chi connectivity index (χ2n) is 5.79. The number of allylic oxidation sites excluding steroid dienone is 1. The van der Waals surface area contributed by atoms with Gasteiger partial charge in [-0.1, -0.05) is 11.6 Å². The monoisotopic (exact) mass is 383 g/mol. The smallest absolute Gasteiger partial charge is 0.239 e. The number of ether oxygens (including phenoxy) is 2. The van der Waals surface area contributed by atoms with Crippen molar-refractivity contribution in [1.29, 1.82) is 0 Å². The standard InChI is InChI=1S/C17H20ClN2O2S2/c18-17(13-1-3-15(23-13)19-5-9-21-10-6-19)14-2-4-16(24-14)20-7-11-22-12-8-20/h1-4H,5-12H2/q+1. The summed E-state index contributed by atoms with van der Waals surface area (Å²) in [6.45, 7) is 7.04. The van der Waals surface area contributed by atoms with Crippen molar-refractivity contribution in [2.75, 3.05) is 57.5 Å². The molecule has 0 spiro atoms. The van der Waals surface area contributed by atoms with E-state index in [9.17, 15) is 0 Å². The van der Waals surface area contributed by atoms with E-state index >= 15 is 0 Å². The van der Waals surface area contributed by atoms with Crippen LogP contribution in [0.3, 0.4) is 0 Å². The van der Waals surface area contributed by atoms with E-state index in [0.717, 1.165) is 67.4 Å². The number of nitrogens with zero attached hydrogens (tertiary/aromatic N) is 2. The molecule has 0 atom stereocenters. The number of halogens is 1. The molecule has 0 amide bonds. The van der Waals surface area contributed by atoms with Gasteiger partial charge < -0.3 is 14.4 Å². The van der Waals surface area contributed by atoms with Crippen LogP contribution in [-0.2, 0) is 9.47 Å². The fourth-order valence-electron chi connectivity index (χ4n) is 2.92. The quantitative estimate of drug-likeness (QED) is 0.732. The maximum atomic E-state index is 6.69. The van der Waals surface area contributed by atoms with Crippen LogP contribution < -0.4 is 4.90 Å². The van der Waals surface area contributed by atoms with E-state index in [-0.39, 0.29) is 0 Å². The van der Waals surface area contributed by atoms with Crippen LogP contribution in [0.1, 0.15) is 4.88 Å². The number of hydrogen-bond donors (Lipinski definition) is 0. The Morgan fingerprint density at radius 3 is 2.58 bits per heavy atom. The predicted octanol–water partition coefficient (Wildman–Crippen LogP) is 3.24. The molecule has 0 aliphatic carbocycles. The van der Waals surface area contributed by atoms with Crippen LogP contribution >= 0.6 is 34.7 Å². The van der Waals surface area contributed by atoms with Gasteiger partial charge >= 0.3 is 0 Å². The zero-order valence-corrected chi connectivity index (χ0v) is 15.8. The molecule has 128 valence electrons. The summed E-state index contributed by atoms with van der Waals surface area (Å²) in [4.78, 5) is 4.64. The molecule has 3 aliphatic heterocycles. The molecule has 24 heavy (non-hydrogen) atoms. The first-order valence-electron chi connectivity index (χ1n) is 8.19. The Labute approximate surface area is 155 Å². The van der Waals surface area contributed by atoms with Crippen LogP contribution in [-0.4, -0.2) is 62.2 Å². The van der Waals surface area contributed by atoms with E-state index in [4.69, 9.17) is 21.1 Å². The number of rotatable bonds is 2. The van der Waals surface area contributed by atoms with Crippen molar-refractivity contribution in [3.63, 3.8) is 0 Å². The Kier molecular flexibility index (Phi) is 5.29. The molecule has 4 heterocycles. The number of morpholine rings is 2. The van der Waals surface area contributed by atoms with E-state index in [1.807, 2.05) is 0 Å². The van der Waals surface area contributed by atoms with Gasteiger partial charge in [-0.2, -0.15) is 0 Å². The van der Waals surface area contributed by atoms with Gasteiger partial charge in [-0.25, -0.2) is 4.58 Å². The highest BCUT2D eigenvalue weighted by atomic mass is 35.5. The van der Waals surface area contributed by atoms with Crippen LogP contribution in [0.15, 0.2) is 29.2 Å². The molecule has 1 aromatic rings. The summed E-state index contributed by atoms with van der Waals surface area (Å²) in [7, 11) is 0. The van der Waals surface area contributed by atoms with Gasteiger partial charge in [0, 0.05) is 28.9 Å². The van der Waals surface area contributed by atoms with E-state index < -0.39 is 0 Å². The van der Waals surface area contributed by atoms with Crippen LogP contribution in [0.25, 0.3) is 5.03 Å². The molecule has 0 N–H and O–H groups in total. The summed E-state index contributed by atoms with van der Waals surface area (Å²) in [5.41, 5.74) is 0. The van der Waals surface area contributed by atoms with Crippen molar-refractivity contribution in [2.45, 2.75) is 0 Å². The van der Waals surface area contributed by atoms with E-state index in [0.29, 0.717) is 0 Å². The van der Waals surface area contributed by atoms with Crippen LogP contribution in [0.5, 0.6) is 0 Å². The first-order valence-corrected chi connectivity index (χ1v) is 10.2. The maximum Gasteiger partial charge on any atom is 0.239 e. The molecule has 4 nitrogen and oxygen atoms in total. The molecule has 7 heteroatoms. The second kappa shape index (κ2) is 7.62. The van der Waals surface area contributed by atoms with E-state index in [1.165, 1.54) is 10.0 Å². The fraction of sp³-hybridized carbons (Fsp3) is 0.471. The molecular formula is C17H20ClN2O2S2+.